The Kier molecular flexibility index (Phi) is 5.29. The van der Waals surface area contributed by atoms with E-state index in [1.807, 2.05) is 19.9 Å². The predicted octanol–water partition coefficient (Wildman–Crippen LogP) is 3.58. The van der Waals surface area contributed by atoms with Crippen molar-refractivity contribution >= 4 is 28.3 Å². The molecule has 1 rings (SSSR count). The summed E-state index contributed by atoms with van der Waals surface area (Å²) in [4.78, 5) is 0. The van der Waals surface area contributed by atoms with Crippen molar-refractivity contribution in [1.82, 2.24) is 0 Å². The van der Waals surface area contributed by atoms with Gasteiger partial charge in [-0.3, -0.25) is 0 Å². The number of rotatable bonds is 3. The summed E-state index contributed by atoms with van der Waals surface area (Å²) in [5, 5.41) is 0. The Morgan fingerprint density at radius 2 is 2.38 bits per heavy atom. The van der Waals surface area contributed by atoms with Crippen molar-refractivity contribution in [3.63, 3.8) is 0 Å². The SMILES string of the molecule is C/C=C\CC1OC(C)O/C1=C/PI. The van der Waals surface area contributed by atoms with Crippen LogP contribution in [-0.2, 0) is 9.47 Å². The van der Waals surface area contributed by atoms with Crippen molar-refractivity contribution < 1.29 is 9.47 Å². The summed E-state index contributed by atoms with van der Waals surface area (Å²) in [7, 11) is 0. The molecule has 4 heteroatoms. The fourth-order valence-corrected chi connectivity index (χ4v) is 2.49. The summed E-state index contributed by atoms with van der Waals surface area (Å²) in [6.45, 7) is 3.95. The minimum atomic E-state index is -0.0887. The van der Waals surface area contributed by atoms with E-state index < -0.39 is 0 Å². The van der Waals surface area contributed by atoms with Crippen molar-refractivity contribution in [3.05, 3.63) is 23.7 Å². The molecule has 1 aliphatic heterocycles. The highest BCUT2D eigenvalue weighted by Gasteiger charge is 2.27. The molecule has 0 saturated carbocycles. The lowest BCUT2D eigenvalue weighted by molar-refractivity contribution is -0.0366. The maximum absolute atomic E-state index is 5.59. The monoisotopic (exact) mass is 312 g/mol. The Balaban J connectivity index is 2.55. The molecule has 0 amide bonds. The minimum Gasteiger partial charge on any atom is -0.467 e. The third kappa shape index (κ3) is 3.56. The first-order chi connectivity index (χ1) is 6.27. The summed E-state index contributed by atoms with van der Waals surface area (Å²) in [5.41, 5.74) is 0. The van der Waals surface area contributed by atoms with Gasteiger partial charge < -0.3 is 9.47 Å². The van der Waals surface area contributed by atoms with Gasteiger partial charge in [0.25, 0.3) is 0 Å². The number of halogens is 1. The highest BCUT2D eigenvalue weighted by molar-refractivity contribution is 14.2. The van der Waals surface area contributed by atoms with E-state index in [9.17, 15) is 0 Å². The molecule has 0 aromatic heterocycles. The standard InChI is InChI=1S/C9H14IO2P/c1-3-4-5-8-9(6-13-10)12-7(2)11-8/h3-4,6-8,13H,5H2,1-2H3/b4-3-,9-6+. The first-order valence-corrected chi connectivity index (χ1v) is 8.46. The molecule has 0 N–H and O–H groups in total. The topological polar surface area (TPSA) is 18.5 Å². The zero-order chi connectivity index (χ0) is 9.68. The number of allylic oxidation sites excluding steroid dienone is 1. The zero-order valence-electron chi connectivity index (χ0n) is 7.79. The first kappa shape index (κ1) is 11.5. The Bertz CT molecular complexity index is 216. The minimum absolute atomic E-state index is 0.0887. The lowest BCUT2D eigenvalue weighted by atomic mass is 10.2. The molecule has 0 aromatic carbocycles. The number of hydrogen-bond acceptors (Lipinski definition) is 2. The van der Waals surface area contributed by atoms with Gasteiger partial charge in [0.1, 0.15) is 11.9 Å². The van der Waals surface area contributed by atoms with Gasteiger partial charge in [0, 0.05) is 0 Å². The van der Waals surface area contributed by atoms with E-state index in [0.717, 1.165) is 18.4 Å². The van der Waals surface area contributed by atoms with E-state index in [4.69, 9.17) is 9.47 Å². The van der Waals surface area contributed by atoms with Gasteiger partial charge in [-0.25, -0.2) is 0 Å². The van der Waals surface area contributed by atoms with Gasteiger partial charge in [-0.2, -0.15) is 0 Å². The lowest BCUT2D eigenvalue weighted by Gasteiger charge is -2.04. The number of ether oxygens (including phenoxy) is 2. The molecule has 0 radical (unpaired) electrons. The van der Waals surface area contributed by atoms with Gasteiger partial charge in [-0.05, 0) is 32.3 Å². The average Bonchev–Trinajstić information content (AvgIpc) is 2.44. The largest absolute Gasteiger partial charge is 0.467 e. The van der Waals surface area contributed by atoms with Crippen LogP contribution in [0.2, 0.25) is 0 Å². The molecule has 0 spiro atoms. The molecule has 0 aromatic rings. The fourth-order valence-electron chi connectivity index (χ4n) is 1.21. The molecule has 3 unspecified atom stereocenters. The molecule has 3 atom stereocenters. The average molecular weight is 312 g/mol. The van der Waals surface area contributed by atoms with Gasteiger partial charge in [0.15, 0.2) is 6.29 Å². The van der Waals surface area contributed by atoms with Crippen molar-refractivity contribution in [2.24, 2.45) is 0 Å². The molecule has 13 heavy (non-hydrogen) atoms. The number of hydrogen-bond donors (Lipinski definition) is 0. The highest BCUT2D eigenvalue weighted by Crippen LogP contribution is 2.32. The van der Waals surface area contributed by atoms with Gasteiger partial charge in [0.05, 0.1) is 0 Å². The van der Waals surface area contributed by atoms with Gasteiger partial charge in [-0.15, -0.1) is 0 Å². The smallest absolute Gasteiger partial charge is 0.197 e. The zero-order valence-corrected chi connectivity index (χ0v) is 10.9. The van der Waals surface area contributed by atoms with E-state index in [-0.39, 0.29) is 12.4 Å². The Morgan fingerprint density at radius 1 is 1.62 bits per heavy atom. The maximum atomic E-state index is 5.59. The summed E-state index contributed by atoms with van der Waals surface area (Å²) in [6, 6.07) is 0. The van der Waals surface area contributed by atoms with E-state index in [1.165, 1.54) is 0 Å². The van der Waals surface area contributed by atoms with Crippen LogP contribution in [0.1, 0.15) is 20.3 Å². The summed E-state index contributed by atoms with van der Waals surface area (Å²) in [6.07, 6.45) is 5.85. The second kappa shape index (κ2) is 5.99. The van der Waals surface area contributed by atoms with Crippen LogP contribution >= 0.6 is 28.3 Å². The molecular formula is C9H14IO2P. The molecule has 1 heterocycles. The van der Waals surface area contributed by atoms with Crippen LogP contribution < -0.4 is 0 Å². The van der Waals surface area contributed by atoms with Crippen molar-refractivity contribution in [3.8, 4) is 0 Å². The summed E-state index contributed by atoms with van der Waals surface area (Å²) in [5.74, 6) is 3.11. The molecule has 1 fully saturated rings. The fraction of sp³-hybridized carbons (Fsp3) is 0.556. The second-order valence-corrected chi connectivity index (χ2v) is 5.15. The van der Waals surface area contributed by atoms with Gasteiger partial charge in [-0.1, -0.05) is 34.2 Å². The molecule has 2 nitrogen and oxygen atoms in total. The molecule has 1 saturated heterocycles. The van der Waals surface area contributed by atoms with Gasteiger partial charge in [0.2, 0.25) is 0 Å². The second-order valence-electron chi connectivity index (χ2n) is 2.77. The Labute approximate surface area is 94.0 Å². The summed E-state index contributed by atoms with van der Waals surface area (Å²) >= 11 is 2.33. The van der Waals surface area contributed by atoms with Crippen LogP contribution in [-0.4, -0.2) is 12.4 Å². The molecule has 1 aliphatic rings. The van der Waals surface area contributed by atoms with Crippen molar-refractivity contribution in [1.29, 1.82) is 0 Å². The van der Waals surface area contributed by atoms with Gasteiger partial charge >= 0.3 is 0 Å². The van der Waals surface area contributed by atoms with Crippen LogP contribution in [0.15, 0.2) is 23.7 Å². The third-order valence-electron chi connectivity index (χ3n) is 1.76. The van der Waals surface area contributed by atoms with E-state index >= 15 is 0 Å². The molecule has 0 bridgehead atoms. The van der Waals surface area contributed by atoms with Crippen molar-refractivity contribution in [2.75, 3.05) is 0 Å². The summed E-state index contributed by atoms with van der Waals surface area (Å²) < 4.78 is 11.1. The van der Waals surface area contributed by atoms with Crippen LogP contribution in [0.5, 0.6) is 0 Å². The van der Waals surface area contributed by atoms with Crippen LogP contribution in [0.4, 0.5) is 0 Å². The Hall–Kier alpha value is 0.400. The van der Waals surface area contributed by atoms with E-state index in [2.05, 4.69) is 33.9 Å². The Morgan fingerprint density at radius 3 is 3.00 bits per heavy atom. The quantitative estimate of drug-likeness (QED) is 0.450. The molecule has 74 valence electrons. The molecule has 0 aliphatic carbocycles. The van der Waals surface area contributed by atoms with Crippen LogP contribution in [0.25, 0.3) is 0 Å². The van der Waals surface area contributed by atoms with Crippen LogP contribution in [0, 0.1) is 0 Å². The highest BCUT2D eigenvalue weighted by atomic mass is 127. The van der Waals surface area contributed by atoms with Crippen LogP contribution in [0.3, 0.4) is 0 Å². The third-order valence-corrected chi connectivity index (χ3v) is 3.09. The maximum Gasteiger partial charge on any atom is 0.197 e. The normalized spacial score (nSPS) is 32.4. The van der Waals surface area contributed by atoms with E-state index in [0.29, 0.717) is 0 Å². The first-order valence-electron chi connectivity index (χ1n) is 4.27. The molecular weight excluding hydrogens is 298 g/mol. The van der Waals surface area contributed by atoms with Crippen molar-refractivity contribution in [2.45, 2.75) is 32.7 Å². The van der Waals surface area contributed by atoms with E-state index in [1.54, 1.807) is 0 Å². The predicted molar refractivity (Wildman–Crippen MR) is 65.3 cm³/mol. The lowest BCUT2D eigenvalue weighted by Crippen LogP contribution is -2.07.